The van der Waals surface area contributed by atoms with Gasteiger partial charge in [0.05, 0.1) is 0 Å². The highest BCUT2D eigenvalue weighted by Crippen LogP contribution is 2.41. The fourth-order valence-corrected chi connectivity index (χ4v) is 5.72. The van der Waals surface area contributed by atoms with Gasteiger partial charge in [0, 0.05) is 18.0 Å². The van der Waals surface area contributed by atoms with Gasteiger partial charge in [0.1, 0.15) is 0 Å². The van der Waals surface area contributed by atoms with Crippen LogP contribution in [0, 0.1) is 17.8 Å². The van der Waals surface area contributed by atoms with Gasteiger partial charge in [-0.2, -0.15) is 0 Å². The summed E-state index contributed by atoms with van der Waals surface area (Å²) in [7, 11) is 0. The standard InChI is InChI=1S/C22H32N2O.ClH/c23-20-13-18-7-4-8-19(14-20)21(18)24-22(25)17-11-9-16(10-12-17)15-5-2-1-3-6-15;/h1-3,5-6,16-21H,4,7-14,23H2,(H,24,25);1H. The summed E-state index contributed by atoms with van der Waals surface area (Å²) in [5, 5.41) is 3.47. The molecular formula is C22H33ClN2O. The lowest BCUT2D eigenvalue weighted by molar-refractivity contribution is -0.128. The smallest absolute Gasteiger partial charge is 0.223 e. The number of hydrogen-bond acceptors (Lipinski definition) is 2. The molecule has 26 heavy (non-hydrogen) atoms. The van der Waals surface area contributed by atoms with E-state index in [1.54, 1.807) is 0 Å². The predicted octanol–water partition coefficient (Wildman–Crippen LogP) is 4.40. The number of nitrogens with one attached hydrogen (secondary N) is 1. The molecule has 4 heteroatoms. The van der Waals surface area contributed by atoms with Crippen LogP contribution in [0.1, 0.15) is 69.3 Å². The largest absolute Gasteiger partial charge is 0.353 e. The van der Waals surface area contributed by atoms with E-state index in [1.807, 2.05) is 0 Å². The van der Waals surface area contributed by atoms with E-state index in [2.05, 4.69) is 35.6 Å². The summed E-state index contributed by atoms with van der Waals surface area (Å²) in [6, 6.07) is 11.5. The van der Waals surface area contributed by atoms with Crippen LogP contribution in [0.2, 0.25) is 0 Å². The van der Waals surface area contributed by atoms with E-state index < -0.39 is 0 Å². The van der Waals surface area contributed by atoms with Crippen molar-refractivity contribution in [2.75, 3.05) is 0 Å². The molecule has 1 aromatic rings. The van der Waals surface area contributed by atoms with Gasteiger partial charge >= 0.3 is 0 Å². The Morgan fingerprint density at radius 1 is 0.923 bits per heavy atom. The van der Waals surface area contributed by atoms with Crippen molar-refractivity contribution in [3.05, 3.63) is 35.9 Å². The molecule has 1 amide bonds. The van der Waals surface area contributed by atoms with Gasteiger partial charge in [-0.05, 0) is 74.7 Å². The molecule has 144 valence electrons. The van der Waals surface area contributed by atoms with Crippen LogP contribution >= 0.6 is 12.4 Å². The van der Waals surface area contributed by atoms with Crippen LogP contribution < -0.4 is 11.1 Å². The van der Waals surface area contributed by atoms with Crippen LogP contribution in [0.3, 0.4) is 0 Å². The van der Waals surface area contributed by atoms with E-state index in [1.165, 1.54) is 24.8 Å². The Labute approximate surface area is 163 Å². The topological polar surface area (TPSA) is 55.1 Å². The number of nitrogens with two attached hydrogens (primary N) is 1. The van der Waals surface area contributed by atoms with E-state index in [9.17, 15) is 4.79 Å². The molecule has 3 aliphatic rings. The number of amides is 1. The molecule has 0 spiro atoms. The Hall–Kier alpha value is -1.06. The molecule has 0 saturated heterocycles. The highest BCUT2D eigenvalue weighted by atomic mass is 35.5. The van der Waals surface area contributed by atoms with Crippen molar-refractivity contribution < 1.29 is 4.79 Å². The van der Waals surface area contributed by atoms with Crippen molar-refractivity contribution in [1.29, 1.82) is 0 Å². The lowest BCUT2D eigenvalue weighted by atomic mass is 9.66. The monoisotopic (exact) mass is 376 g/mol. The molecule has 3 fully saturated rings. The number of hydrogen-bond donors (Lipinski definition) is 2. The molecule has 2 atom stereocenters. The van der Waals surface area contributed by atoms with Gasteiger partial charge in [-0.25, -0.2) is 0 Å². The summed E-state index contributed by atoms with van der Waals surface area (Å²) < 4.78 is 0. The Kier molecular flexibility index (Phi) is 6.63. The minimum Gasteiger partial charge on any atom is -0.353 e. The van der Waals surface area contributed by atoms with Gasteiger partial charge in [0.15, 0.2) is 0 Å². The van der Waals surface area contributed by atoms with E-state index in [0.29, 0.717) is 35.7 Å². The molecule has 3 saturated carbocycles. The van der Waals surface area contributed by atoms with Gasteiger partial charge in [0.2, 0.25) is 5.91 Å². The minimum atomic E-state index is 0. The number of halogens is 1. The second kappa shape index (κ2) is 8.75. The Bertz CT molecular complexity index is 571. The summed E-state index contributed by atoms with van der Waals surface area (Å²) in [4.78, 5) is 12.9. The summed E-state index contributed by atoms with van der Waals surface area (Å²) >= 11 is 0. The number of fused-ring (bicyclic) bond motifs is 2. The van der Waals surface area contributed by atoms with Crippen LogP contribution in [-0.4, -0.2) is 18.0 Å². The van der Waals surface area contributed by atoms with Gasteiger partial charge in [-0.1, -0.05) is 36.8 Å². The number of rotatable bonds is 3. The van der Waals surface area contributed by atoms with Gasteiger partial charge in [-0.15, -0.1) is 12.4 Å². The molecule has 0 heterocycles. The fourth-order valence-electron chi connectivity index (χ4n) is 5.72. The number of benzene rings is 1. The maximum atomic E-state index is 12.9. The molecule has 3 aliphatic carbocycles. The molecule has 3 nitrogen and oxygen atoms in total. The first kappa shape index (κ1) is 19.7. The third-order valence-electron chi connectivity index (χ3n) is 7.05. The Morgan fingerprint density at radius 2 is 1.54 bits per heavy atom. The van der Waals surface area contributed by atoms with E-state index in [4.69, 9.17) is 5.73 Å². The third-order valence-corrected chi connectivity index (χ3v) is 7.05. The minimum absolute atomic E-state index is 0. The zero-order valence-corrected chi connectivity index (χ0v) is 16.4. The molecule has 0 aromatic heterocycles. The SMILES string of the molecule is Cl.NC1CC2CCCC(C1)C2NC(=O)C1CCC(c2ccccc2)CC1. The maximum absolute atomic E-state index is 12.9. The van der Waals surface area contributed by atoms with Crippen molar-refractivity contribution in [2.24, 2.45) is 23.5 Å². The average Bonchev–Trinajstić information content (AvgIpc) is 2.63. The van der Waals surface area contributed by atoms with Gasteiger partial charge in [0.25, 0.3) is 0 Å². The van der Waals surface area contributed by atoms with Crippen LogP contribution in [0.15, 0.2) is 30.3 Å². The summed E-state index contributed by atoms with van der Waals surface area (Å²) in [6.07, 6.45) is 10.4. The van der Waals surface area contributed by atoms with Crippen LogP contribution in [0.5, 0.6) is 0 Å². The number of carbonyl (C=O) groups excluding carboxylic acids is 1. The highest BCUT2D eigenvalue weighted by Gasteiger charge is 2.40. The molecule has 3 N–H and O–H groups in total. The van der Waals surface area contributed by atoms with E-state index >= 15 is 0 Å². The zero-order chi connectivity index (χ0) is 17.2. The summed E-state index contributed by atoms with van der Waals surface area (Å²) in [6.45, 7) is 0. The number of carbonyl (C=O) groups is 1. The van der Waals surface area contributed by atoms with Gasteiger partial charge in [-0.3, -0.25) is 4.79 Å². The Balaban J connectivity index is 0.00000196. The first-order valence-corrected chi connectivity index (χ1v) is 10.3. The van der Waals surface area contributed by atoms with Crippen LogP contribution in [0.25, 0.3) is 0 Å². The molecular weight excluding hydrogens is 344 g/mol. The molecule has 0 aliphatic heterocycles. The molecule has 1 aromatic carbocycles. The van der Waals surface area contributed by atoms with Crippen LogP contribution in [-0.2, 0) is 4.79 Å². The maximum Gasteiger partial charge on any atom is 0.223 e. The fraction of sp³-hybridized carbons (Fsp3) is 0.682. The lowest BCUT2D eigenvalue weighted by Gasteiger charge is -2.45. The van der Waals surface area contributed by atoms with Crippen molar-refractivity contribution in [3.8, 4) is 0 Å². The van der Waals surface area contributed by atoms with Gasteiger partial charge < -0.3 is 11.1 Å². The van der Waals surface area contributed by atoms with Crippen molar-refractivity contribution in [2.45, 2.75) is 75.8 Å². The molecule has 2 bridgehead atoms. The molecule has 0 radical (unpaired) electrons. The molecule has 2 unspecified atom stereocenters. The lowest BCUT2D eigenvalue weighted by Crippen LogP contribution is -2.54. The van der Waals surface area contributed by atoms with E-state index in [0.717, 1.165) is 38.5 Å². The quantitative estimate of drug-likeness (QED) is 0.821. The second-order valence-corrected chi connectivity index (χ2v) is 8.68. The Morgan fingerprint density at radius 3 is 2.15 bits per heavy atom. The van der Waals surface area contributed by atoms with Crippen LogP contribution in [0.4, 0.5) is 0 Å². The third kappa shape index (κ3) is 4.26. The first-order chi connectivity index (χ1) is 12.2. The van der Waals surface area contributed by atoms with E-state index in [-0.39, 0.29) is 18.3 Å². The zero-order valence-electron chi connectivity index (χ0n) is 15.6. The average molecular weight is 377 g/mol. The van der Waals surface area contributed by atoms with Crippen molar-refractivity contribution in [3.63, 3.8) is 0 Å². The predicted molar refractivity (Wildman–Crippen MR) is 108 cm³/mol. The highest BCUT2D eigenvalue weighted by molar-refractivity contribution is 5.85. The summed E-state index contributed by atoms with van der Waals surface area (Å²) in [5.74, 6) is 2.41. The van der Waals surface area contributed by atoms with Crippen molar-refractivity contribution >= 4 is 18.3 Å². The molecule has 4 rings (SSSR count). The summed E-state index contributed by atoms with van der Waals surface area (Å²) in [5.41, 5.74) is 7.66. The first-order valence-electron chi connectivity index (χ1n) is 10.3. The second-order valence-electron chi connectivity index (χ2n) is 8.68. The van der Waals surface area contributed by atoms with Crippen molar-refractivity contribution in [1.82, 2.24) is 5.32 Å². The normalized spacial score (nSPS) is 36.7.